The maximum atomic E-state index is 13.0. The summed E-state index contributed by atoms with van der Waals surface area (Å²) in [5.41, 5.74) is 3.02. The van der Waals surface area contributed by atoms with Gasteiger partial charge in [0, 0.05) is 10.0 Å². The molecule has 2 N–H and O–H groups in total. The van der Waals surface area contributed by atoms with Crippen LogP contribution in [0.1, 0.15) is 27.6 Å². The van der Waals surface area contributed by atoms with Crippen LogP contribution in [-0.2, 0) is 4.79 Å². The number of benzene rings is 1. The third-order valence-electron chi connectivity index (χ3n) is 4.74. The number of furan rings is 1. The van der Waals surface area contributed by atoms with Crippen LogP contribution in [0.25, 0.3) is 22.4 Å². The molecule has 0 atom stereocenters. The normalized spacial score (nSPS) is 11.0. The van der Waals surface area contributed by atoms with Crippen LogP contribution in [0.3, 0.4) is 0 Å². The molecule has 0 fully saturated rings. The highest BCUT2D eigenvalue weighted by molar-refractivity contribution is 9.10. The second kappa shape index (κ2) is 8.35. The molecule has 158 valence electrons. The zero-order valence-corrected chi connectivity index (χ0v) is 18.7. The van der Waals surface area contributed by atoms with Gasteiger partial charge in [0.1, 0.15) is 11.5 Å². The van der Waals surface area contributed by atoms with Crippen LogP contribution in [0.5, 0.6) is 0 Å². The van der Waals surface area contributed by atoms with Crippen molar-refractivity contribution in [3.63, 3.8) is 0 Å². The first-order valence-electron chi connectivity index (χ1n) is 9.50. The Labute approximate surface area is 186 Å². The van der Waals surface area contributed by atoms with Crippen LogP contribution in [0, 0.1) is 20.8 Å². The van der Waals surface area contributed by atoms with Crippen molar-refractivity contribution in [1.29, 1.82) is 0 Å². The van der Waals surface area contributed by atoms with E-state index in [0.717, 1.165) is 15.8 Å². The number of hydrogen-bond donors (Lipinski definition) is 2. The maximum Gasteiger partial charge on any atom is 0.259 e. The number of halogens is 1. The molecule has 0 spiro atoms. The number of aromatic nitrogens is 2. The van der Waals surface area contributed by atoms with Gasteiger partial charge in [0.05, 0.1) is 34.6 Å². The van der Waals surface area contributed by atoms with Crippen molar-refractivity contribution in [2.24, 2.45) is 0 Å². The molecule has 0 unspecified atom stereocenters. The third-order valence-corrected chi connectivity index (χ3v) is 5.43. The summed E-state index contributed by atoms with van der Waals surface area (Å²) < 4.78 is 11.6. The predicted molar refractivity (Wildman–Crippen MR) is 119 cm³/mol. The SMILES string of the molecule is Cc1cc(-c2cc(C(=O)NCC(=O)Nc3ccccc3Br)c3c(C)noc3n2)c(C)o1. The molecule has 0 aliphatic heterocycles. The minimum absolute atomic E-state index is 0.201. The predicted octanol–water partition coefficient (Wildman–Crippen LogP) is 4.54. The lowest BCUT2D eigenvalue weighted by Gasteiger charge is -2.09. The highest BCUT2D eigenvalue weighted by Crippen LogP contribution is 2.30. The van der Waals surface area contributed by atoms with Gasteiger partial charge < -0.3 is 19.6 Å². The lowest BCUT2D eigenvalue weighted by molar-refractivity contribution is -0.115. The fourth-order valence-corrected chi connectivity index (χ4v) is 3.69. The number of hydrogen-bond acceptors (Lipinski definition) is 6. The first-order chi connectivity index (χ1) is 14.8. The zero-order valence-electron chi connectivity index (χ0n) is 17.1. The van der Waals surface area contributed by atoms with Gasteiger partial charge in [0.2, 0.25) is 5.91 Å². The number of fused-ring (bicyclic) bond motifs is 1. The van der Waals surface area contributed by atoms with Gasteiger partial charge in [-0.2, -0.15) is 0 Å². The summed E-state index contributed by atoms with van der Waals surface area (Å²) in [6.07, 6.45) is 0. The largest absolute Gasteiger partial charge is 0.466 e. The Morgan fingerprint density at radius 2 is 1.90 bits per heavy atom. The molecule has 0 saturated heterocycles. The lowest BCUT2D eigenvalue weighted by Crippen LogP contribution is -2.33. The summed E-state index contributed by atoms with van der Waals surface area (Å²) in [5.74, 6) is 0.631. The minimum atomic E-state index is -0.430. The molecule has 0 radical (unpaired) electrons. The topological polar surface area (TPSA) is 110 Å². The molecule has 1 aromatic carbocycles. The van der Waals surface area contributed by atoms with Gasteiger partial charge in [0.25, 0.3) is 11.6 Å². The Morgan fingerprint density at radius 3 is 2.61 bits per heavy atom. The van der Waals surface area contributed by atoms with Crippen LogP contribution in [-0.4, -0.2) is 28.5 Å². The molecule has 4 rings (SSSR count). The number of carbonyl (C=O) groups excluding carboxylic acids is 2. The highest BCUT2D eigenvalue weighted by Gasteiger charge is 2.21. The van der Waals surface area contributed by atoms with E-state index in [9.17, 15) is 9.59 Å². The molecule has 0 aliphatic carbocycles. The van der Waals surface area contributed by atoms with E-state index >= 15 is 0 Å². The summed E-state index contributed by atoms with van der Waals surface area (Å²) in [7, 11) is 0. The van der Waals surface area contributed by atoms with Crippen LogP contribution >= 0.6 is 15.9 Å². The molecule has 4 aromatic rings. The smallest absolute Gasteiger partial charge is 0.259 e. The molecule has 3 aromatic heterocycles. The molecule has 8 nitrogen and oxygen atoms in total. The van der Waals surface area contributed by atoms with E-state index in [1.54, 1.807) is 19.1 Å². The number of para-hydroxylation sites is 1. The first-order valence-corrected chi connectivity index (χ1v) is 10.3. The second-order valence-corrected chi connectivity index (χ2v) is 7.90. The standard InChI is InChI=1S/C22H19BrN4O4/c1-11-8-14(13(3)30-11)18-9-15(20-12(2)27-31-22(20)26-18)21(29)24-10-19(28)25-17-7-5-4-6-16(17)23/h4-9H,10H2,1-3H3,(H,24,29)(H,25,28). The Balaban J connectivity index is 1.60. The summed E-state index contributed by atoms with van der Waals surface area (Å²) in [6.45, 7) is 5.20. The van der Waals surface area contributed by atoms with Crippen LogP contribution in [0.4, 0.5) is 5.69 Å². The van der Waals surface area contributed by atoms with E-state index in [1.807, 2.05) is 38.1 Å². The fourth-order valence-electron chi connectivity index (χ4n) is 3.31. The zero-order chi connectivity index (χ0) is 22.1. The summed E-state index contributed by atoms with van der Waals surface area (Å²) in [4.78, 5) is 29.8. The third kappa shape index (κ3) is 4.22. The number of carbonyl (C=O) groups is 2. The minimum Gasteiger partial charge on any atom is -0.466 e. The molecular weight excluding hydrogens is 464 g/mol. The van der Waals surface area contributed by atoms with Gasteiger partial charge in [-0.05, 0) is 61.0 Å². The van der Waals surface area contributed by atoms with Crippen molar-refractivity contribution in [3.8, 4) is 11.3 Å². The van der Waals surface area contributed by atoms with Crippen molar-refractivity contribution in [3.05, 3.63) is 63.6 Å². The Hall–Kier alpha value is -3.46. The Kier molecular flexibility index (Phi) is 5.60. The van der Waals surface area contributed by atoms with Gasteiger partial charge in [-0.15, -0.1) is 0 Å². The van der Waals surface area contributed by atoms with E-state index in [1.165, 1.54) is 0 Å². The quantitative estimate of drug-likeness (QED) is 0.431. The Morgan fingerprint density at radius 1 is 1.13 bits per heavy atom. The van der Waals surface area contributed by atoms with E-state index < -0.39 is 5.91 Å². The molecular formula is C22H19BrN4O4. The van der Waals surface area contributed by atoms with Gasteiger partial charge in [-0.1, -0.05) is 17.3 Å². The maximum absolute atomic E-state index is 13.0. The monoisotopic (exact) mass is 482 g/mol. The molecule has 3 heterocycles. The van der Waals surface area contributed by atoms with E-state index in [-0.39, 0.29) is 18.2 Å². The molecule has 9 heteroatoms. The van der Waals surface area contributed by atoms with Gasteiger partial charge in [-0.3, -0.25) is 9.59 Å². The highest BCUT2D eigenvalue weighted by atomic mass is 79.9. The molecule has 31 heavy (non-hydrogen) atoms. The van der Waals surface area contributed by atoms with Crippen molar-refractivity contribution < 1.29 is 18.5 Å². The Bertz CT molecular complexity index is 1310. The molecule has 0 bridgehead atoms. The van der Waals surface area contributed by atoms with Crippen molar-refractivity contribution in [1.82, 2.24) is 15.5 Å². The lowest BCUT2D eigenvalue weighted by atomic mass is 10.1. The number of anilines is 1. The average Bonchev–Trinajstić information content (AvgIpc) is 3.28. The van der Waals surface area contributed by atoms with Crippen molar-refractivity contribution >= 4 is 44.5 Å². The van der Waals surface area contributed by atoms with E-state index in [0.29, 0.717) is 33.8 Å². The van der Waals surface area contributed by atoms with Crippen molar-refractivity contribution in [2.75, 3.05) is 11.9 Å². The van der Waals surface area contributed by atoms with Crippen molar-refractivity contribution in [2.45, 2.75) is 20.8 Å². The van der Waals surface area contributed by atoms with Crippen LogP contribution in [0.2, 0.25) is 0 Å². The number of nitrogens with zero attached hydrogens (tertiary/aromatic N) is 2. The van der Waals surface area contributed by atoms with Gasteiger partial charge in [-0.25, -0.2) is 4.98 Å². The number of amides is 2. The van der Waals surface area contributed by atoms with E-state index in [2.05, 4.69) is 36.7 Å². The fraction of sp³-hybridized carbons (Fsp3) is 0.182. The van der Waals surface area contributed by atoms with Crippen LogP contribution in [0.15, 0.2) is 49.8 Å². The van der Waals surface area contributed by atoms with Crippen LogP contribution < -0.4 is 10.6 Å². The van der Waals surface area contributed by atoms with E-state index in [4.69, 9.17) is 8.94 Å². The summed E-state index contributed by atoms with van der Waals surface area (Å²) >= 11 is 3.38. The van der Waals surface area contributed by atoms with Gasteiger partial charge in [0.15, 0.2) is 0 Å². The average molecular weight is 483 g/mol. The first kappa shape index (κ1) is 20.8. The number of rotatable bonds is 5. The summed E-state index contributed by atoms with van der Waals surface area (Å²) in [6, 6.07) is 10.7. The summed E-state index contributed by atoms with van der Waals surface area (Å²) in [5, 5.41) is 9.85. The number of pyridine rings is 1. The van der Waals surface area contributed by atoms with Gasteiger partial charge >= 0.3 is 0 Å². The second-order valence-electron chi connectivity index (χ2n) is 7.04. The number of aryl methyl sites for hydroxylation is 3. The number of nitrogens with one attached hydrogen (secondary N) is 2. The molecule has 0 saturated carbocycles. The molecule has 2 amide bonds. The molecule has 0 aliphatic rings.